The lowest BCUT2D eigenvalue weighted by atomic mass is 10.5. The maximum Gasteiger partial charge on any atom is 0.0903 e. The molecule has 0 fully saturated rings. The number of aryl methyl sites for hydroxylation is 2. The Bertz CT molecular complexity index is 222. The second kappa shape index (κ2) is 4.12. The van der Waals surface area contributed by atoms with Gasteiger partial charge in [0.05, 0.1) is 9.98 Å². The van der Waals surface area contributed by atoms with Crippen molar-refractivity contribution in [3.8, 4) is 0 Å². The number of aromatic nitrogens is 2. The van der Waals surface area contributed by atoms with Gasteiger partial charge in [0, 0.05) is 12.7 Å². The topological polar surface area (TPSA) is 17.8 Å². The average molecular weight is 238 g/mol. The minimum atomic E-state index is 0.0482. The van der Waals surface area contributed by atoms with Crippen LogP contribution in [0.25, 0.3) is 0 Å². The first-order valence-electron chi connectivity index (χ1n) is 3.46. The molecule has 0 spiro atoms. The van der Waals surface area contributed by atoms with Crippen LogP contribution in [0.15, 0.2) is 12.3 Å². The molecular formula is C7H10BrClN2. The maximum atomic E-state index is 5.71. The van der Waals surface area contributed by atoms with E-state index in [1.807, 2.05) is 23.9 Å². The molecule has 0 aliphatic carbocycles. The van der Waals surface area contributed by atoms with Gasteiger partial charge in [0.15, 0.2) is 0 Å². The minimum Gasteiger partial charge on any atom is -0.272 e. The average Bonchev–Trinajstić information content (AvgIpc) is 2.31. The molecule has 1 aromatic heterocycles. The zero-order chi connectivity index (χ0) is 8.27. The van der Waals surface area contributed by atoms with Crippen molar-refractivity contribution in [1.29, 1.82) is 0 Å². The zero-order valence-electron chi connectivity index (χ0n) is 6.30. The van der Waals surface area contributed by atoms with E-state index >= 15 is 0 Å². The summed E-state index contributed by atoms with van der Waals surface area (Å²) < 4.78 is 1.94. The summed E-state index contributed by atoms with van der Waals surface area (Å²) in [6, 6.07) is 1.98. The summed E-state index contributed by atoms with van der Waals surface area (Å²) in [7, 11) is 0. The number of rotatable bonds is 3. The SMILES string of the molecule is Cc1ccn(CCC(Cl)Br)n1. The highest BCUT2D eigenvalue weighted by Crippen LogP contribution is 2.10. The van der Waals surface area contributed by atoms with Crippen molar-refractivity contribution < 1.29 is 0 Å². The standard InChI is InChI=1S/C7H10BrClN2/c1-6-2-4-11(10-6)5-3-7(8)9/h2,4,7H,3,5H2,1H3. The summed E-state index contributed by atoms with van der Waals surface area (Å²) >= 11 is 8.97. The van der Waals surface area contributed by atoms with Crippen LogP contribution in [0.4, 0.5) is 0 Å². The molecule has 1 unspecified atom stereocenters. The summed E-state index contributed by atoms with van der Waals surface area (Å²) in [4.78, 5) is 0. The molecule has 0 saturated heterocycles. The Kier molecular flexibility index (Phi) is 3.40. The predicted octanol–water partition coefficient (Wildman–Crippen LogP) is 2.54. The summed E-state index contributed by atoms with van der Waals surface area (Å²) in [5.74, 6) is 0. The summed E-state index contributed by atoms with van der Waals surface area (Å²) in [6.45, 7) is 2.84. The van der Waals surface area contributed by atoms with E-state index in [4.69, 9.17) is 11.6 Å². The van der Waals surface area contributed by atoms with Crippen LogP contribution in [0.1, 0.15) is 12.1 Å². The van der Waals surface area contributed by atoms with E-state index in [0.717, 1.165) is 18.7 Å². The zero-order valence-corrected chi connectivity index (χ0v) is 8.64. The minimum absolute atomic E-state index is 0.0482. The quantitative estimate of drug-likeness (QED) is 0.739. The predicted molar refractivity (Wildman–Crippen MR) is 50.1 cm³/mol. The van der Waals surface area contributed by atoms with Crippen molar-refractivity contribution in [3.63, 3.8) is 0 Å². The van der Waals surface area contributed by atoms with Gasteiger partial charge in [-0.15, -0.1) is 11.6 Å². The fraction of sp³-hybridized carbons (Fsp3) is 0.571. The molecule has 62 valence electrons. The number of hydrogen-bond acceptors (Lipinski definition) is 1. The molecule has 4 heteroatoms. The van der Waals surface area contributed by atoms with Gasteiger partial charge >= 0.3 is 0 Å². The largest absolute Gasteiger partial charge is 0.272 e. The number of hydrogen-bond donors (Lipinski definition) is 0. The highest BCUT2D eigenvalue weighted by molar-refractivity contribution is 9.10. The van der Waals surface area contributed by atoms with Gasteiger partial charge in [-0.3, -0.25) is 4.68 Å². The maximum absolute atomic E-state index is 5.71. The lowest BCUT2D eigenvalue weighted by Gasteiger charge is -2.00. The van der Waals surface area contributed by atoms with Crippen LogP contribution in [-0.4, -0.2) is 14.1 Å². The van der Waals surface area contributed by atoms with Gasteiger partial charge in [-0.1, -0.05) is 15.9 Å². The van der Waals surface area contributed by atoms with E-state index in [2.05, 4.69) is 21.0 Å². The molecule has 1 heterocycles. The molecule has 0 N–H and O–H groups in total. The van der Waals surface area contributed by atoms with Crippen LogP contribution in [0.2, 0.25) is 0 Å². The Labute approximate surface area is 79.7 Å². The smallest absolute Gasteiger partial charge is 0.0903 e. The fourth-order valence-corrected chi connectivity index (χ4v) is 1.12. The molecule has 0 aromatic carbocycles. The molecule has 1 rings (SSSR count). The second-order valence-electron chi connectivity index (χ2n) is 2.40. The van der Waals surface area contributed by atoms with Crippen molar-refractivity contribution in [2.45, 2.75) is 24.2 Å². The van der Waals surface area contributed by atoms with Crippen LogP contribution in [-0.2, 0) is 6.54 Å². The lowest BCUT2D eigenvalue weighted by molar-refractivity contribution is 0.595. The second-order valence-corrected chi connectivity index (χ2v) is 4.56. The first-order valence-corrected chi connectivity index (χ1v) is 4.82. The molecule has 0 aliphatic heterocycles. The third kappa shape index (κ3) is 3.25. The summed E-state index contributed by atoms with van der Waals surface area (Å²) in [5.41, 5.74) is 1.05. The van der Waals surface area contributed by atoms with Crippen molar-refractivity contribution in [3.05, 3.63) is 18.0 Å². The van der Waals surface area contributed by atoms with Crippen molar-refractivity contribution >= 4 is 27.5 Å². The van der Waals surface area contributed by atoms with Crippen LogP contribution >= 0.6 is 27.5 Å². The van der Waals surface area contributed by atoms with Gasteiger partial charge in [0.2, 0.25) is 0 Å². The summed E-state index contributed by atoms with van der Waals surface area (Å²) in [5, 5.41) is 4.22. The molecule has 0 radical (unpaired) electrons. The van der Waals surface area contributed by atoms with Gasteiger partial charge in [-0.05, 0) is 19.4 Å². The highest BCUT2D eigenvalue weighted by atomic mass is 79.9. The molecule has 1 atom stereocenters. The normalized spacial score (nSPS) is 13.4. The van der Waals surface area contributed by atoms with Crippen molar-refractivity contribution in [2.75, 3.05) is 0 Å². The molecule has 2 nitrogen and oxygen atoms in total. The van der Waals surface area contributed by atoms with E-state index in [1.54, 1.807) is 0 Å². The van der Waals surface area contributed by atoms with Crippen LogP contribution in [0.3, 0.4) is 0 Å². The first-order chi connectivity index (χ1) is 5.18. The Hall–Kier alpha value is -0.0200. The van der Waals surface area contributed by atoms with Gasteiger partial charge in [-0.2, -0.15) is 5.10 Å². The fourth-order valence-electron chi connectivity index (χ4n) is 0.818. The van der Waals surface area contributed by atoms with Crippen LogP contribution in [0.5, 0.6) is 0 Å². The molecule has 11 heavy (non-hydrogen) atoms. The van der Waals surface area contributed by atoms with E-state index < -0.39 is 0 Å². The molecule has 0 aliphatic rings. The Balaban J connectivity index is 2.39. The van der Waals surface area contributed by atoms with Gasteiger partial charge in [-0.25, -0.2) is 0 Å². The molecule has 1 aromatic rings. The Morgan fingerprint density at radius 2 is 2.55 bits per heavy atom. The lowest BCUT2D eigenvalue weighted by Crippen LogP contribution is -2.01. The first kappa shape index (κ1) is 9.07. The van der Waals surface area contributed by atoms with Gasteiger partial charge < -0.3 is 0 Å². The molecule has 0 bridgehead atoms. The molecular weight excluding hydrogens is 227 g/mol. The molecule has 0 amide bonds. The Morgan fingerprint density at radius 1 is 1.82 bits per heavy atom. The van der Waals surface area contributed by atoms with Crippen molar-refractivity contribution in [2.24, 2.45) is 0 Å². The third-order valence-electron chi connectivity index (χ3n) is 1.35. The van der Waals surface area contributed by atoms with E-state index in [-0.39, 0.29) is 4.29 Å². The van der Waals surface area contributed by atoms with E-state index in [0.29, 0.717) is 0 Å². The molecule has 0 saturated carbocycles. The summed E-state index contributed by atoms with van der Waals surface area (Å²) in [6.07, 6.45) is 2.85. The third-order valence-corrected chi connectivity index (χ3v) is 2.03. The van der Waals surface area contributed by atoms with Crippen LogP contribution in [0, 0.1) is 6.92 Å². The number of halogens is 2. The van der Waals surface area contributed by atoms with Crippen molar-refractivity contribution in [1.82, 2.24) is 9.78 Å². The van der Waals surface area contributed by atoms with Gasteiger partial charge in [0.25, 0.3) is 0 Å². The Morgan fingerprint density at radius 3 is 3.00 bits per heavy atom. The monoisotopic (exact) mass is 236 g/mol. The van der Waals surface area contributed by atoms with Crippen LogP contribution < -0.4 is 0 Å². The highest BCUT2D eigenvalue weighted by Gasteiger charge is 1.99. The van der Waals surface area contributed by atoms with E-state index in [9.17, 15) is 0 Å². The number of nitrogens with zero attached hydrogens (tertiary/aromatic N) is 2. The van der Waals surface area contributed by atoms with E-state index in [1.165, 1.54) is 0 Å². The number of alkyl halides is 2. The van der Waals surface area contributed by atoms with Gasteiger partial charge in [0.1, 0.15) is 0 Å².